The molecule has 0 atom stereocenters. The van der Waals surface area contributed by atoms with E-state index in [2.05, 4.69) is 16.5 Å². The molecule has 1 fully saturated rings. The summed E-state index contributed by atoms with van der Waals surface area (Å²) in [5.74, 6) is 1.63. The summed E-state index contributed by atoms with van der Waals surface area (Å²) in [6, 6.07) is 0.450. The number of aryl methyl sites for hydroxylation is 1. The van der Waals surface area contributed by atoms with Crippen molar-refractivity contribution in [2.45, 2.75) is 25.8 Å². The number of imidazole rings is 1. The van der Waals surface area contributed by atoms with Gasteiger partial charge in [0.1, 0.15) is 0 Å². The number of rotatable bonds is 1. The van der Waals surface area contributed by atoms with E-state index in [0.717, 1.165) is 29.1 Å². The average Bonchev–Trinajstić information content (AvgIpc) is 2.49. The van der Waals surface area contributed by atoms with E-state index in [9.17, 15) is 4.21 Å². The normalized spacial score (nSPS) is 27.8. The summed E-state index contributed by atoms with van der Waals surface area (Å²) >= 11 is 5.21. The van der Waals surface area contributed by atoms with E-state index < -0.39 is 10.8 Å². The lowest BCUT2D eigenvalue weighted by Crippen LogP contribution is -2.22. The quantitative estimate of drug-likeness (QED) is 0.749. The van der Waals surface area contributed by atoms with Crippen LogP contribution >= 0.6 is 12.2 Å². The van der Waals surface area contributed by atoms with Crippen molar-refractivity contribution in [3.05, 3.63) is 16.7 Å². The Hall–Kier alpha value is -0.420. The highest BCUT2D eigenvalue weighted by Gasteiger charge is 2.20. The number of aromatic amines is 1. The van der Waals surface area contributed by atoms with Crippen LogP contribution in [0.3, 0.4) is 0 Å². The first-order chi connectivity index (χ1) is 6.68. The van der Waals surface area contributed by atoms with E-state index >= 15 is 0 Å². The zero-order valence-corrected chi connectivity index (χ0v) is 9.79. The van der Waals surface area contributed by atoms with Crippen LogP contribution in [0, 0.1) is 11.7 Å². The van der Waals surface area contributed by atoms with E-state index in [1.54, 1.807) is 0 Å². The lowest BCUT2D eigenvalue weighted by atomic mass is 10.1. The second-order valence-electron chi connectivity index (χ2n) is 3.68. The standard InChI is InChI=1S/C9H14N2OS2/c1-7-6-10-9(13)11(7)8-2-4-14(12)5-3-8/h6,8H,2-5H2,1H3,(H,10,13). The number of nitrogens with zero attached hydrogens (tertiary/aromatic N) is 1. The van der Waals surface area contributed by atoms with Gasteiger partial charge in [-0.25, -0.2) is 0 Å². The fraction of sp³-hybridized carbons (Fsp3) is 0.667. The Bertz CT molecular complexity index is 397. The van der Waals surface area contributed by atoms with Gasteiger partial charge in [-0.05, 0) is 32.0 Å². The maximum Gasteiger partial charge on any atom is 0.177 e. The smallest absolute Gasteiger partial charge is 0.177 e. The van der Waals surface area contributed by atoms with E-state index in [1.807, 2.05) is 6.20 Å². The van der Waals surface area contributed by atoms with Gasteiger partial charge in [0, 0.05) is 40.2 Å². The molecule has 0 saturated carbocycles. The Morgan fingerprint density at radius 2 is 2.21 bits per heavy atom. The first-order valence-corrected chi connectivity index (χ1v) is 6.69. The van der Waals surface area contributed by atoms with Gasteiger partial charge in [0.05, 0.1) is 0 Å². The average molecular weight is 230 g/mol. The highest BCUT2D eigenvalue weighted by atomic mass is 32.2. The topological polar surface area (TPSA) is 37.8 Å². The molecule has 0 radical (unpaired) electrons. The summed E-state index contributed by atoms with van der Waals surface area (Å²) in [6.07, 6.45) is 3.91. The van der Waals surface area contributed by atoms with Crippen LogP contribution in [0.25, 0.3) is 0 Å². The lowest BCUT2D eigenvalue weighted by Gasteiger charge is -2.23. The third kappa shape index (κ3) is 1.83. The number of hydrogen-bond acceptors (Lipinski definition) is 2. The molecule has 1 aromatic heterocycles. The molecule has 0 amide bonds. The SMILES string of the molecule is Cc1c[nH]c(=S)n1C1CCS(=O)CC1. The zero-order chi connectivity index (χ0) is 10.1. The Morgan fingerprint density at radius 3 is 2.71 bits per heavy atom. The highest BCUT2D eigenvalue weighted by Crippen LogP contribution is 2.23. The monoisotopic (exact) mass is 230 g/mol. The minimum Gasteiger partial charge on any atom is -0.337 e. The fourth-order valence-corrected chi connectivity index (χ4v) is 3.58. The molecule has 2 heterocycles. The molecule has 0 aromatic carbocycles. The van der Waals surface area contributed by atoms with Crippen LogP contribution in [0.4, 0.5) is 0 Å². The molecule has 0 spiro atoms. The second kappa shape index (κ2) is 3.98. The van der Waals surface area contributed by atoms with Crippen molar-refractivity contribution >= 4 is 23.0 Å². The maximum absolute atomic E-state index is 11.2. The summed E-state index contributed by atoms with van der Waals surface area (Å²) < 4.78 is 14.2. The van der Waals surface area contributed by atoms with Gasteiger partial charge in [-0.1, -0.05) is 0 Å². The summed E-state index contributed by atoms with van der Waals surface area (Å²) in [5.41, 5.74) is 1.17. The minimum absolute atomic E-state index is 0.450. The van der Waals surface area contributed by atoms with E-state index in [1.165, 1.54) is 5.69 Å². The predicted octanol–water partition coefficient (Wildman–Crippen LogP) is 1.94. The molecule has 14 heavy (non-hydrogen) atoms. The van der Waals surface area contributed by atoms with E-state index in [4.69, 9.17) is 12.2 Å². The zero-order valence-electron chi connectivity index (χ0n) is 8.16. The van der Waals surface area contributed by atoms with Crippen molar-refractivity contribution < 1.29 is 4.21 Å². The first kappa shape index (κ1) is 10.1. The van der Waals surface area contributed by atoms with Crippen molar-refractivity contribution in [2.75, 3.05) is 11.5 Å². The van der Waals surface area contributed by atoms with Crippen molar-refractivity contribution in [1.82, 2.24) is 9.55 Å². The number of hydrogen-bond donors (Lipinski definition) is 1. The number of nitrogens with one attached hydrogen (secondary N) is 1. The molecule has 1 N–H and O–H groups in total. The maximum atomic E-state index is 11.2. The van der Waals surface area contributed by atoms with Crippen LogP contribution in [-0.4, -0.2) is 25.3 Å². The van der Waals surface area contributed by atoms with Gasteiger partial charge in [-0.3, -0.25) is 4.21 Å². The van der Waals surface area contributed by atoms with Crippen LogP contribution in [0.2, 0.25) is 0 Å². The van der Waals surface area contributed by atoms with Crippen LogP contribution in [0.15, 0.2) is 6.20 Å². The lowest BCUT2D eigenvalue weighted by molar-refractivity contribution is 0.450. The Morgan fingerprint density at radius 1 is 1.57 bits per heavy atom. The van der Waals surface area contributed by atoms with Crippen molar-refractivity contribution in [3.8, 4) is 0 Å². The summed E-state index contributed by atoms with van der Waals surface area (Å²) in [7, 11) is -0.593. The molecule has 0 bridgehead atoms. The third-order valence-electron chi connectivity index (χ3n) is 2.73. The Kier molecular flexibility index (Phi) is 2.88. The fourth-order valence-electron chi connectivity index (χ4n) is 1.96. The highest BCUT2D eigenvalue weighted by molar-refractivity contribution is 7.85. The summed E-state index contributed by atoms with van der Waals surface area (Å²) in [5, 5.41) is 0. The second-order valence-corrected chi connectivity index (χ2v) is 5.77. The van der Waals surface area contributed by atoms with Gasteiger partial charge in [0.25, 0.3) is 0 Å². The molecule has 1 aliphatic heterocycles. The van der Waals surface area contributed by atoms with Crippen LogP contribution in [0.1, 0.15) is 24.6 Å². The van der Waals surface area contributed by atoms with Crippen molar-refractivity contribution in [1.29, 1.82) is 0 Å². The van der Waals surface area contributed by atoms with Gasteiger partial charge in [0.2, 0.25) is 0 Å². The Balaban J connectivity index is 2.24. The molecule has 3 nitrogen and oxygen atoms in total. The molecule has 0 aliphatic carbocycles. The van der Waals surface area contributed by atoms with Gasteiger partial charge < -0.3 is 9.55 Å². The molecule has 78 valence electrons. The van der Waals surface area contributed by atoms with Gasteiger partial charge in [-0.15, -0.1) is 0 Å². The molecular formula is C9H14N2OS2. The predicted molar refractivity (Wildman–Crippen MR) is 60.5 cm³/mol. The molecule has 1 aromatic rings. The van der Waals surface area contributed by atoms with Gasteiger partial charge >= 0.3 is 0 Å². The largest absolute Gasteiger partial charge is 0.337 e. The van der Waals surface area contributed by atoms with Crippen molar-refractivity contribution in [3.63, 3.8) is 0 Å². The minimum atomic E-state index is -0.593. The first-order valence-electron chi connectivity index (χ1n) is 4.80. The van der Waals surface area contributed by atoms with Crippen LogP contribution in [0.5, 0.6) is 0 Å². The molecular weight excluding hydrogens is 216 g/mol. The molecule has 5 heteroatoms. The van der Waals surface area contributed by atoms with Crippen molar-refractivity contribution in [2.24, 2.45) is 0 Å². The molecule has 1 aliphatic rings. The molecule has 0 unspecified atom stereocenters. The molecule has 1 saturated heterocycles. The van der Waals surface area contributed by atoms with Gasteiger partial charge in [-0.2, -0.15) is 0 Å². The van der Waals surface area contributed by atoms with Gasteiger partial charge in [0.15, 0.2) is 4.77 Å². The summed E-state index contributed by atoms with van der Waals surface area (Å²) in [4.78, 5) is 3.05. The van der Waals surface area contributed by atoms with Crippen LogP contribution < -0.4 is 0 Å². The van der Waals surface area contributed by atoms with Crippen LogP contribution in [-0.2, 0) is 10.8 Å². The molecule has 2 rings (SSSR count). The Labute approximate surface area is 91.0 Å². The number of aromatic nitrogens is 2. The van der Waals surface area contributed by atoms with E-state index in [-0.39, 0.29) is 0 Å². The summed E-state index contributed by atoms with van der Waals surface area (Å²) in [6.45, 7) is 2.05. The third-order valence-corrected chi connectivity index (χ3v) is 4.42. The van der Waals surface area contributed by atoms with E-state index in [0.29, 0.717) is 6.04 Å². The number of H-pyrrole nitrogens is 1.